The Balaban J connectivity index is 2.22. The third-order valence-corrected chi connectivity index (χ3v) is 4.86. The standard InChI is InChI=1S/C15H16BrClOS/c1-3-6-18-14-5-4-11(7-13(14)16)15(17)12-9-19-8-10(12)2/h4-5,7-9,15H,3,6H2,1-2H3. The summed E-state index contributed by atoms with van der Waals surface area (Å²) < 4.78 is 6.60. The molecule has 0 saturated heterocycles. The van der Waals surface area contributed by atoms with Gasteiger partial charge in [-0.15, -0.1) is 11.6 Å². The van der Waals surface area contributed by atoms with E-state index in [4.69, 9.17) is 16.3 Å². The van der Waals surface area contributed by atoms with E-state index in [1.807, 2.05) is 18.2 Å². The van der Waals surface area contributed by atoms with Gasteiger partial charge in [0.25, 0.3) is 0 Å². The van der Waals surface area contributed by atoms with E-state index in [1.54, 1.807) is 11.3 Å². The molecule has 1 unspecified atom stereocenters. The largest absolute Gasteiger partial charge is 0.492 e. The summed E-state index contributed by atoms with van der Waals surface area (Å²) >= 11 is 11.8. The Morgan fingerprint density at radius 2 is 2.16 bits per heavy atom. The summed E-state index contributed by atoms with van der Waals surface area (Å²) in [4.78, 5) is 0. The molecular weight excluding hydrogens is 344 g/mol. The highest BCUT2D eigenvalue weighted by Crippen LogP contribution is 2.36. The van der Waals surface area contributed by atoms with Crippen molar-refractivity contribution < 1.29 is 4.74 Å². The van der Waals surface area contributed by atoms with Gasteiger partial charge in [0.1, 0.15) is 5.75 Å². The van der Waals surface area contributed by atoms with Gasteiger partial charge in [0.05, 0.1) is 16.5 Å². The Kier molecular flexibility index (Phi) is 5.31. The number of hydrogen-bond donors (Lipinski definition) is 0. The van der Waals surface area contributed by atoms with Crippen LogP contribution in [0.5, 0.6) is 5.75 Å². The van der Waals surface area contributed by atoms with Gasteiger partial charge in [-0.25, -0.2) is 0 Å². The first-order valence-electron chi connectivity index (χ1n) is 6.22. The zero-order valence-corrected chi connectivity index (χ0v) is 14.1. The van der Waals surface area contributed by atoms with Gasteiger partial charge in [0.15, 0.2) is 0 Å². The second kappa shape index (κ2) is 6.78. The molecule has 19 heavy (non-hydrogen) atoms. The molecular formula is C15H16BrClOS. The normalized spacial score (nSPS) is 12.4. The van der Waals surface area contributed by atoms with Crippen LogP contribution in [-0.2, 0) is 0 Å². The van der Waals surface area contributed by atoms with E-state index in [0.29, 0.717) is 0 Å². The predicted molar refractivity (Wildman–Crippen MR) is 86.7 cm³/mol. The van der Waals surface area contributed by atoms with E-state index in [9.17, 15) is 0 Å². The molecule has 1 aromatic heterocycles. The van der Waals surface area contributed by atoms with Crippen LogP contribution in [0.3, 0.4) is 0 Å². The van der Waals surface area contributed by atoms with Crippen LogP contribution in [0.1, 0.15) is 35.4 Å². The van der Waals surface area contributed by atoms with E-state index in [2.05, 4.69) is 40.5 Å². The topological polar surface area (TPSA) is 9.23 Å². The molecule has 0 aliphatic heterocycles. The van der Waals surface area contributed by atoms with Gasteiger partial charge < -0.3 is 4.74 Å². The van der Waals surface area contributed by atoms with E-state index >= 15 is 0 Å². The SMILES string of the molecule is CCCOc1ccc(C(Cl)c2cscc2C)cc1Br. The van der Waals surface area contributed by atoms with Crippen LogP contribution in [0.15, 0.2) is 33.4 Å². The number of rotatable bonds is 5. The van der Waals surface area contributed by atoms with Crippen molar-refractivity contribution in [1.82, 2.24) is 0 Å². The number of halogens is 2. The summed E-state index contributed by atoms with van der Waals surface area (Å²) in [6.45, 7) is 4.91. The molecule has 0 radical (unpaired) electrons. The lowest BCUT2D eigenvalue weighted by Gasteiger charge is -2.13. The van der Waals surface area contributed by atoms with Gasteiger partial charge in [-0.05, 0) is 68.9 Å². The van der Waals surface area contributed by atoms with Crippen molar-refractivity contribution >= 4 is 38.9 Å². The molecule has 0 N–H and O–H groups in total. The highest BCUT2D eigenvalue weighted by Gasteiger charge is 2.15. The highest BCUT2D eigenvalue weighted by atomic mass is 79.9. The van der Waals surface area contributed by atoms with Gasteiger partial charge in [0, 0.05) is 0 Å². The maximum atomic E-state index is 6.55. The molecule has 2 rings (SSSR count). The number of hydrogen-bond acceptors (Lipinski definition) is 2. The Hall–Kier alpha value is -0.510. The lowest BCUT2D eigenvalue weighted by molar-refractivity contribution is 0.315. The molecule has 0 saturated carbocycles. The van der Waals surface area contributed by atoms with E-state index in [1.165, 1.54) is 11.1 Å². The van der Waals surface area contributed by atoms with Crippen LogP contribution < -0.4 is 4.74 Å². The van der Waals surface area contributed by atoms with Gasteiger partial charge in [-0.2, -0.15) is 11.3 Å². The number of thiophene rings is 1. The average molecular weight is 360 g/mol. The van der Waals surface area contributed by atoms with E-state index < -0.39 is 0 Å². The monoisotopic (exact) mass is 358 g/mol. The fourth-order valence-corrected chi connectivity index (χ4v) is 3.65. The molecule has 1 aromatic carbocycles. The molecule has 0 amide bonds. The van der Waals surface area contributed by atoms with Crippen molar-refractivity contribution in [3.63, 3.8) is 0 Å². The van der Waals surface area contributed by atoms with Gasteiger partial charge in [-0.1, -0.05) is 13.0 Å². The minimum absolute atomic E-state index is 0.109. The molecule has 1 nitrogen and oxygen atoms in total. The van der Waals surface area contributed by atoms with Crippen LogP contribution in [-0.4, -0.2) is 6.61 Å². The molecule has 2 aromatic rings. The summed E-state index contributed by atoms with van der Waals surface area (Å²) in [5, 5.41) is 4.13. The molecule has 0 spiro atoms. The number of ether oxygens (including phenoxy) is 1. The second-order valence-corrected chi connectivity index (χ2v) is 6.45. The van der Waals surface area contributed by atoms with Crippen LogP contribution in [0.2, 0.25) is 0 Å². The molecule has 1 heterocycles. The first kappa shape index (κ1) is 14.9. The summed E-state index contributed by atoms with van der Waals surface area (Å²) in [7, 11) is 0. The number of aryl methyl sites for hydroxylation is 1. The molecule has 0 bridgehead atoms. The minimum Gasteiger partial charge on any atom is -0.492 e. The van der Waals surface area contributed by atoms with Crippen molar-refractivity contribution in [1.29, 1.82) is 0 Å². The number of benzene rings is 1. The van der Waals surface area contributed by atoms with Crippen molar-refractivity contribution in [3.05, 3.63) is 50.1 Å². The number of alkyl halides is 1. The molecule has 102 valence electrons. The fourth-order valence-electron chi connectivity index (χ4n) is 1.81. The summed E-state index contributed by atoms with van der Waals surface area (Å²) in [6, 6.07) is 6.05. The first-order valence-corrected chi connectivity index (χ1v) is 8.39. The van der Waals surface area contributed by atoms with E-state index in [0.717, 1.165) is 28.8 Å². The third kappa shape index (κ3) is 3.53. The van der Waals surface area contributed by atoms with Crippen LogP contribution in [0.4, 0.5) is 0 Å². The lowest BCUT2D eigenvalue weighted by atomic mass is 10.0. The Bertz CT molecular complexity index is 553. The van der Waals surface area contributed by atoms with Crippen molar-refractivity contribution in [2.45, 2.75) is 25.6 Å². The predicted octanol–water partition coefficient (Wildman–Crippen LogP) is 5.94. The summed E-state index contributed by atoms with van der Waals surface area (Å²) in [5.41, 5.74) is 3.51. The second-order valence-electron chi connectivity index (χ2n) is 4.41. The Morgan fingerprint density at radius 1 is 1.37 bits per heavy atom. The minimum atomic E-state index is -0.109. The molecule has 0 aliphatic rings. The lowest BCUT2D eigenvalue weighted by Crippen LogP contribution is -1.98. The van der Waals surface area contributed by atoms with Crippen molar-refractivity contribution in [2.24, 2.45) is 0 Å². The molecule has 4 heteroatoms. The maximum absolute atomic E-state index is 6.55. The van der Waals surface area contributed by atoms with Gasteiger partial charge in [-0.3, -0.25) is 0 Å². The molecule has 1 atom stereocenters. The van der Waals surface area contributed by atoms with Crippen LogP contribution >= 0.6 is 38.9 Å². The quantitative estimate of drug-likeness (QED) is 0.601. The summed E-state index contributed by atoms with van der Waals surface area (Å²) in [5.74, 6) is 0.872. The highest BCUT2D eigenvalue weighted by molar-refractivity contribution is 9.10. The smallest absolute Gasteiger partial charge is 0.133 e. The maximum Gasteiger partial charge on any atom is 0.133 e. The fraction of sp³-hybridized carbons (Fsp3) is 0.333. The van der Waals surface area contributed by atoms with E-state index in [-0.39, 0.29) is 5.38 Å². The van der Waals surface area contributed by atoms with Crippen LogP contribution in [0.25, 0.3) is 0 Å². The molecule has 0 aliphatic carbocycles. The van der Waals surface area contributed by atoms with Crippen molar-refractivity contribution in [2.75, 3.05) is 6.61 Å². The van der Waals surface area contributed by atoms with Crippen LogP contribution in [0, 0.1) is 6.92 Å². The van der Waals surface area contributed by atoms with Crippen molar-refractivity contribution in [3.8, 4) is 5.75 Å². The first-order chi connectivity index (χ1) is 9.13. The zero-order chi connectivity index (χ0) is 13.8. The Morgan fingerprint density at radius 3 is 2.74 bits per heavy atom. The van der Waals surface area contributed by atoms with Gasteiger partial charge >= 0.3 is 0 Å². The molecule has 0 fully saturated rings. The zero-order valence-electron chi connectivity index (χ0n) is 11.0. The summed E-state index contributed by atoms with van der Waals surface area (Å²) in [6.07, 6.45) is 1.00. The van der Waals surface area contributed by atoms with Gasteiger partial charge in [0.2, 0.25) is 0 Å². The average Bonchev–Trinajstić information content (AvgIpc) is 2.82. The third-order valence-electron chi connectivity index (χ3n) is 2.88. The Labute approximate surface area is 131 Å².